The summed E-state index contributed by atoms with van der Waals surface area (Å²) in [5.74, 6) is -2.45. The van der Waals surface area contributed by atoms with Crippen molar-refractivity contribution in [2.24, 2.45) is 11.3 Å². The van der Waals surface area contributed by atoms with Crippen LogP contribution in [0.2, 0.25) is 0 Å². The predicted molar refractivity (Wildman–Crippen MR) is 75.1 cm³/mol. The molecule has 112 valence electrons. The lowest BCUT2D eigenvalue weighted by molar-refractivity contribution is -0.126. The van der Waals surface area contributed by atoms with Crippen LogP contribution in [0.3, 0.4) is 0 Å². The number of imide groups is 1. The topological polar surface area (TPSA) is 94.9 Å². The maximum Gasteiger partial charge on any atom is 0.339 e. The fourth-order valence-corrected chi connectivity index (χ4v) is 2.38. The number of carboxylic acids is 1. The van der Waals surface area contributed by atoms with E-state index in [9.17, 15) is 19.5 Å². The second kappa shape index (κ2) is 4.87. The van der Waals surface area contributed by atoms with Gasteiger partial charge in [-0.05, 0) is 31.0 Å². The van der Waals surface area contributed by atoms with E-state index in [-0.39, 0.29) is 35.4 Å². The number of hydrogen-bond acceptors (Lipinski definition) is 4. The van der Waals surface area contributed by atoms with Gasteiger partial charge in [0, 0.05) is 6.42 Å². The van der Waals surface area contributed by atoms with Gasteiger partial charge in [-0.1, -0.05) is 13.8 Å². The van der Waals surface area contributed by atoms with Crippen LogP contribution in [0.25, 0.3) is 0 Å². The van der Waals surface area contributed by atoms with Gasteiger partial charge in [0.15, 0.2) is 0 Å². The van der Waals surface area contributed by atoms with Crippen LogP contribution in [-0.2, 0) is 9.59 Å². The van der Waals surface area contributed by atoms with Crippen LogP contribution in [0.15, 0.2) is 18.2 Å². The van der Waals surface area contributed by atoms with Crippen LogP contribution in [-0.4, -0.2) is 28.0 Å². The lowest BCUT2D eigenvalue weighted by Gasteiger charge is -2.26. The van der Waals surface area contributed by atoms with Crippen molar-refractivity contribution >= 4 is 23.5 Å². The number of carboxylic acid groups (broad SMARTS) is 1. The number of hydrogen-bond donors (Lipinski definition) is 2. The third-order valence-corrected chi connectivity index (χ3v) is 4.20. The van der Waals surface area contributed by atoms with Crippen LogP contribution in [0.5, 0.6) is 5.75 Å². The first-order chi connectivity index (χ1) is 9.68. The van der Waals surface area contributed by atoms with Crippen molar-refractivity contribution in [2.75, 3.05) is 4.90 Å². The summed E-state index contributed by atoms with van der Waals surface area (Å²) >= 11 is 0. The summed E-state index contributed by atoms with van der Waals surface area (Å²) in [7, 11) is 0. The van der Waals surface area contributed by atoms with Gasteiger partial charge in [-0.2, -0.15) is 0 Å². The minimum atomic E-state index is -1.32. The van der Waals surface area contributed by atoms with Crippen molar-refractivity contribution < 1.29 is 24.6 Å². The highest BCUT2D eigenvalue weighted by atomic mass is 16.4. The van der Waals surface area contributed by atoms with E-state index in [1.807, 2.05) is 13.8 Å². The first kappa shape index (κ1) is 15.0. The van der Waals surface area contributed by atoms with Gasteiger partial charge >= 0.3 is 5.97 Å². The largest absolute Gasteiger partial charge is 0.507 e. The molecule has 0 radical (unpaired) electrons. The number of carbonyl (C=O) groups excluding carboxylic acids is 2. The summed E-state index contributed by atoms with van der Waals surface area (Å²) in [6, 6.07) is 3.67. The molecule has 2 N–H and O–H groups in total. The lowest BCUT2D eigenvalue weighted by Crippen LogP contribution is -2.37. The molecular weight excluding hydrogens is 274 g/mol. The molecule has 1 heterocycles. The molecule has 0 bridgehead atoms. The Hall–Kier alpha value is -2.37. The van der Waals surface area contributed by atoms with Crippen LogP contribution in [0, 0.1) is 11.3 Å². The molecule has 1 atom stereocenters. The molecule has 21 heavy (non-hydrogen) atoms. The molecule has 0 aromatic heterocycles. The zero-order chi connectivity index (χ0) is 15.9. The molecular formula is C15H17NO5. The Morgan fingerprint density at radius 2 is 1.95 bits per heavy atom. The summed E-state index contributed by atoms with van der Waals surface area (Å²) in [4.78, 5) is 36.8. The van der Waals surface area contributed by atoms with Crippen LogP contribution in [0.4, 0.5) is 5.69 Å². The molecule has 6 nitrogen and oxygen atoms in total. The zero-order valence-electron chi connectivity index (χ0n) is 12.1. The number of nitrogens with zero attached hydrogens (tertiary/aromatic N) is 1. The van der Waals surface area contributed by atoms with E-state index in [1.54, 1.807) is 6.92 Å². The Kier molecular flexibility index (Phi) is 3.49. The van der Waals surface area contributed by atoms with Gasteiger partial charge < -0.3 is 10.2 Å². The summed E-state index contributed by atoms with van der Waals surface area (Å²) in [5.41, 5.74) is -0.964. The lowest BCUT2D eigenvalue weighted by atomic mass is 9.78. The van der Waals surface area contributed by atoms with Crippen LogP contribution < -0.4 is 4.90 Å². The Morgan fingerprint density at radius 1 is 1.33 bits per heavy atom. The predicted octanol–water partition coefficient (Wildman–Crippen LogP) is 2.02. The van der Waals surface area contributed by atoms with E-state index in [4.69, 9.17) is 5.11 Å². The van der Waals surface area contributed by atoms with Gasteiger partial charge in [0.2, 0.25) is 11.8 Å². The summed E-state index contributed by atoms with van der Waals surface area (Å²) in [6.45, 7) is 5.47. The van der Waals surface area contributed by atoms with Gasteiger partial charge in [-0.25, -0.2) is 4.79 Å². The zero-order valence-corrected chi connectivity index (χ0v) is 12.1. The van der Waals surface area contributed by atoms with Crippen LogP contribution in [0.1, 0.15) is 37.6 Å². The molecule has 0 spiro atoms. The van der Waals surface area contributed by atoms with Gasteiger partial charge in [0.1, 0.15) is 11.3 Å². The Labute approximate surface area is 122 Å². The fraction of sp³-hybridized carbons (Fsp3) is 0.400. The quantitative estimate of drug-likeness (QED) is 0.831. The third-order valence-electron chi connectivity index (χ3n) is 4.20. The monoisotopic (exact) mass is 291 g/mol. The highest BCUT2D eigenvalue weighted by molar-refractivity contribution is 6.22. The Balaban J connectivity index is 2.48. The Bertz CT molecular complexity index is 637. The maximum absolute atomic E-state index is 12.5. The normalized spacial score (nSPS) is 22.2. The molecule has 1 unspecified atom stereocenters. The molecule has 2 rings (SSSR count). The smallest absolute Gasteiger partial charge is 0.339 e. The number of rotatable bonds is 3. The molecule has 1 aliphatic heterocycles. The molecule has 0 saturated carbocycles. The summed E-state index contributed by atoms with van der Waals surface area (Å²) < 4.78 is 0. The van der Waals surface area contributed by atoms with E-state index in [1.165, 1.54) is 12.1 Å². The van der Waals surface area contributed by atoms with E-state index < -0.39 is 17.1 Å². The highest BCUT2D eigenvalue weighted by Crippen LogP contribution is 2.41. The first-order valence-corrected chi connectivity index (χ1v) is 6.62. The van der Waals surface area contributed by atoms with Gasteiger partial charge in [0.05, 0.1) is 11.1 Å². The van der Waals surface area contributed by atoms with Crippen LogP contribution >= 0.6 is 0 Å². The van der Waals surface area contributed by atoms with Gasteiger partial charge in [0.25, 0.3) is 0 Å². The number of phenols is 1. The molecule has 0 aliphatic carbocycles. The maximum atomic E-state index is 12.5. The molecule has 1 aliphatic rings. The number of amides is 2. The highest BCUT2D eigenvalue weighted by Gasteiger charge is 2.50. The van der Waals surface area contributed by atoms with Crippen molar-refractivity contribution in [1.29, 1.82) is 0 Å². The molecule has 6 heteroatoms. The number of aromatic carboxylic acids is 1. The standard InChI is InChI=1S/C15H17NO5/c1-8(2)15(3)7-12(18)16(14(15)21)9-4-5-11(17)10(6-9)13(19)20/h4-6,8,17H,7H2,1-3H3,(H,19,20). The molecule has 1 fully saturated rings. The van der Waals surface area contributed by atoms with Crippen molar-refractivity contribution in [3.05, 3.63) is 23.8 Å². The molecule has 1 aromatic rings. The molecule has 1 aromatic carbocycles. The van der Waals surface area contributed by atoms with Crippen molar-refractivity contribution in [1.82, 2.24) is 0 Å². The van der Waals surface area contributed by atoms with Crippen molar-refractivity contribution in [3.63, 3.8) is 0 Å². The Morgan fingerprint density at radius 3 is 2.43 bits per heavy atom. The minimum absolute atomic E-state index is 0.0185. The number of carbonyl (C=O) groups is 3. The van der Waals surface area contributed by atoms with E-state index in [2.05, 4.69) is 0 Å². The average Bonchev–Trinajstić information content (AvgIpc) is 2.62. The van der Waals surface area contributed by atoms with E-state index in [0.29, 0.717) is 0 Å². The SMILES string of the molecule is CC(C)C1(C)CC(=O)N(c2ccc(O)c(C(=O)O)c2)C1=O. The first-order valence-electron chi connectivity index (χ1n) is 6.62. The minimum Gasteiger partial charge on any atom is -0.507 e. The summed E-state index contributed by atoms with van der Waals surface area (Å²) in [6.07, 6.45) is 0.0901. The third kappa shape index (κ3) is 2.26. The number of benzene rings is 1. The average molecular weight is 291 g/mol. The second-order valence-corrected chi connectivity index (χ2v) is 5.79. The van der Waals surface area contributed by atoms with Crippen molar-refractivity contribution in [3.8, 4) is 5.75 Å². The molecule has 2 amide bonds. The fourth-order valence-electron chi connectivity index (χ4n) is 2.38. The van der Waals surface area contributed by atoms with E-state index in [0.717, 1.165) is 11.0 Å². The van der Waals surface area contributed by atoms with Gasteiger partial charge in [-0.15, -0.1) is 0 Å². The number of aromatic hydroxyl groups is 1. The van der Waals surface area contributed by atoms with Gasteiger partial charge in [-0.3, -0.25) is 14.5 Å². The molecule has 1 saturated heterocycles. The number of anilines is 1. The van der Waals surface area contributed by atoms with Crippen molar-refractivity contribution in [2.45, 2.75) is 27.2 Å². The second-order valence-electron chi connectivity index (χ2n) is 5.79. The summed E-state index contributed by atoms with van der Waals surface area (Å²) in [5, 5.41) is 18.5. The van der Waals surface area contributed by atoms with E-state index >= 15 is 0 Å².